The van der Waals surface area contributed by atoms with Crippen molar-refractivity contribution >= 4 is 32.6 Å². The van der Waals surface area contributed by atoms with Gasteiger partial charge in [0, 0.05) is 5.56 Å². The van der Waals surface area contributed by atoms with E-state index in [1.54, 1.807) is 40.5 Å². The average molecular weight is 422 g/mol. The van der Waals surface area contributed by atoms with E-state index in [9.17, 15) is 4.79 Å². The molecule has 2 aromatic carbocycles. The third-order valence-corrected chi connectivity index (χ3v) is 6.66. The maximum atomic E-state index is 13.4. The normalized spacial score (nSPS) is 14.6. The first-order valence-corrected chi connectivity index (χ1v) is 11.0. The molecular weight excluding hydrogens is 396 g/mol. The number of hydrogen-bond donors (Lipinski definition) is 1. The Morgan fingerprint density at radius 2 is 1.97 bits per heavy atom. The SMILES string of the molecule is Cc1cc(C)c2sc(N(CC[NH+]3CCOCC3)C(=O)c3ccc(C#N)cc3)nc2c1. The molecule has 0 unspecified atom stereocenters. The van der Waals surface area contributed by atoms with Crippen LogP contribution in [0.15, 0.2) is 36.4 Å². The van der Waals surface area contributed by atoms with Gasteiger partial charge in [-0.3, -0.25) is 9.69 Å². The summed E-state index contributed by atoms with van der Waals surface area (Å²) in [5.41, 5.74) is 4.39. The first-order chi connectivity index (χ1) is 14.5. The molecule has 1 aromatic heterocycles. The quantitative estimate of drug-likeness (QED) is 0.687. The summed E-state index contributed by atoms with van der Waals surface area (Å²) in [5, 5.41) is 9.77. The molecule has 3 aromatic rings. The Bertz CT molecular complexity index is 1090. The Hall–Kier alpha value is -2.79. The van der Waals surface area contributed by atoms with Crippen LogP contribution in [0.1, 0.15) is 27.0 Å². The molecule has 1 aliphatic heterocycles. The van der Waals surface area contributed by atoms with Gasteiger partial charge in [0.05, 0.1) is 48.2 Å². The van der Waals surface area contributed by atoms with Gasteiger partial charge in [0.1, 0.15) is 13.1 Å². The Labute approximate surface area is 180 Å². The molecule has 0 radical (unpaired) electrons. The van der Waals surface area contributed by atoms with Gasteiger partial charge in [0.15, 0.2) is 5.13 Å². The Morgan fingerprint density at radius 3 is 2.67 bits per heavy atom. The van der Waals surface area contributed by atoms with Crippen molar-refractivity contribution < 1.29 is 14.4 Å². The Kier molecular flexibility index (Phi) is 6.09. The molecule has 0 atom stereocenters. The highest BCUT2D eigenvalue weighted by Crippen LogP contribution is 2.32. The summed E-state index contributed by atoms with van der Waals surface area (Å²) < 4.78 is 6.57. The van der Waals surface area contributed by atoms with Crippen LogP contribution in [-0.4, -0.2) is 50.3 Å². The molecule has 1 amide bonds. The third-order valence-electron chi connectivity index (χ3n) is 5.43. The van der Waals surface area contributed by atoms with E-state index in [1.807, 2.05) is 0 Å². The van der Waals surface area contributed by atoms with Gasteiger partial charge in [-0.05, 0) is 55.3 Å². The predicted octanol–water partition coefficient (Wildman–Crippen LogP) is 2.35. The molecular formula is C23H25N4O2S+. The van der Waals surface area contributed by atoms with E-state index < -0.39 is 0 Å². The van der Waals surface area contributed by atoms with Crippen LogP contribution in [0.2, 0.25) is 0 Å². The van der Waals surface area contributed by atoms with E-state index in [2.05, 4.69) is 32.0 Å². The molecule has 2 heterocycles. The van der Waals surface area contributed by atoms with Crippen molar-refractivity contribution in [1.82, 2.24) is 4.98 Å². The van der Waals surface area contributed by atoms with Gasteiger partial charge in [0.2, 0.25) is 0 Å². The first-order valence-electron chi connectivity index (χ1n) is 10.2. The number of thiazole rings is 1. The highest BCUT2D eigenvalue weighted by Gasteiger charge is 2.24. The molecule has 7 heteroatoms. The van der Waals surface area contributed by atoms with E-state index in [-0.39, 0.29) is 5.91 Å². The van der Waals surface area contributed by atoms with Crippen LogP contribution >= 0.6 is 11.3 Å². The topological polar surface area (TPSA) is 70.7 Å². The summed E-state index contributed by atoms with van der Waals surface area (Å²) >= 11 is 1.57. The molecule has 0 saturated carbocycles. The van der Waals surface area contributed by atoms with Crippen LogP contribution in [0.5, 0.6) is 0 Å². The monoisotopic (exact) mass is 421 g/mol. The molecule has 30 heavy (non-hydrogen) atoms. The number of anilines is 1. The minimum absolute atomic E-state index is 0.0828. The van der Waals surface area contributed by atoms with Gasteiger partial charge in [-0.25, -0.2) is 4.98 Å². The number of nitriles is 1. The third kappa shape index (κ3) is 4.36. The van der Waals surface area contributed by atoms with Crippen molar-refractivity contribution in [2.24, 2.45) is 0 Å². The number of rotatable bonds is 5. The smallest absolute Gasteiger partial charge is 0.260 e. The van der Waals surface area contributed by atoms with Gasteiger partial charge >= 0.3 is 0 Å². The van der Waals surface area contributed by atoms with Crippen molar-refractivity contribution in [3.8, 4) is 6.07 Å². The molecule has 1 aliphatic rings. The van der Waals surface area contributed by atoms with Gasteiger partial charge in [0.25, 0.3) is 5.91 Å². The number of quaternary nitrogens is 1. The van der Waals surface area contributed by atoms with Crippen LogP contribution in [0.25, 0.3) is 10.2 Å². The Balaban J connectivity index is 1.66. The van der Waals surface area contributed by atoms with E-state index in [4.69, 9.17) is 15.0 Å². The minimum atomic E-state index is -0.0828. The Morgan fingerprint density at radius 1 is 1.23 bits per heavy atom. The molecule has 1 fully saturated rings. The van der Waals surface area contributed by atoms with Crippen molar-refractivity contribution in [2.45, 2.75) is 13.8 Å². The molecule has 1 N–H and O–H groups in total. The van der Waals surface area contributed by atoms with Gasteiger partial charge in [-0.1, -0.05) is 17.4 Å². The highest BCUT2D eigenvalue weighted by molar-refractivity contribution is 7.22. The molecule has 0 aliphatic carbocycles. The fourth-order valence-electron chi connectivity index (χ4n) is 3.79. The number of carbonyl (C=O) groups is 1. The van der Waals surface area contributed by atoms with E-state index in [0.717, 1.165) is 48.2 Å². The number of fused-ring (bicyclic) bond motifs is 1. The van der Waals surface area contributed by atoms with Crippen molar-refractivity contribution in [3.05, 3.63) is 58.7 Å². The number of hydrogen-bond acceptors (Lipinski definition) is 5. The van der Waals surface area contributed by atoms with Gasteiger partial charge in [-0.2, -0.15) is 5.26 Å². The fourth-order valence-corrected chi connectivity index (χ4v) is 4.83. The van der Waals surface area contributed by atoms with Crippen molar-refractivity contribution in [2.75, 3.05) is 44.3 Å². The fraction of sp³-hybridized carbons (Fsp3) is 0.348. The average Bonchev–Trinajstić information content (AvgIpc) is 3.18. The van der Waals surface area contributed by atoms with Crippen LogP contribution in [0, 0.1) is 25.2 Å². The number of ether oxygens (including phenoxy) is 1. The maximum Gasteiger partial charge on any atom is 0.260 e. The first kappa shape index (κ1) is 20.5. The number of aromatic nitrogens is 1. The highest BCUT2D eigenvalue weighted by atomic mass is 32.1. The summed E-state index contributed by atoms with van der Waals surface area (Å²) in [6.45, 7) is 9.02. The second kappa shape index (κ2) is 8.92. The largest absolute Gasteiger partial charge is 0.370 e. The lowest BCUT2D eigenvalue weighted by Gasteiger charge is -2.27. The van der Waals surface area contributed by atoms with E-state index in [1.165, 1.54) is 16.0 Å². The molecule has 154 valence electrons. The molecule has 0 spiro atoms. The summed E-state index contributed by atoms with van der Waals surface area (Å²) in [4.78, 5) is 21.5. The number of aryl methyl sites for hydroxylation is 2. The van der Waals surface area contributed by atoms with E-state index >= 15 is 0 Å². The lowest BCUT2D eigenvalue weighted by atomic mass is 10.1. The second-order valence-corrected chi connectivity index (χ2v) is 8.66. The number of nitrogens with one attached hydrogen (secondary N) is 1. The molecule has 0 bridgehead atoms. The summed E-state index contributed by atoms with van der Waals surface area (Å²) in [6, 6.07) is 13.1. The number of carbonyl (C=O) groups excluding carboxylic acids is 1. The molecule has 6 nitrogen and oxygen atoms in total. The number of amides is 1. The zero-order valence-electron chi connectivity index (χ0n) is 17.3. The minimum Gasteiger partial charge on any atom is -0.370 e. The lowest BCUT2D eigenvalue weighted by Crippen LogP contribution is -3.14. The second-order valence-electron chi connectivity index (χ2n) is 7.68. The van der Waals surface area contributed by atoms with Crippen molar-refractivity contribution in [3.63, 3.8) is 0 Å². The lowest BCUT2D eigenvalue weighted by molar-refractivity contribution is -0.906. The molecule has 4 rings (SSSR count). The number of morpholine rings is 1. The number of nitrogens with zero attached hydrogens (tertiary/aromatic N) is 3. The zero-order chi connectivity index (χ0) is 21.1. The van der Waals surface area contributed by atoms with Crippen molar-refractivity contribution in [1.29, 1.82) is 5.26 Å². The maximum absolute atomic E-state index is 13.4. The predicted molar refractivity (Wildman–Crippen MR) is 118 cm³/mol. The zero-order valence-corrected chi connectivity index (χ0v) is 18.1. The van der Waals surface area contributed by atoms with Crippen LogP contribution in [0.3, 0.4) is 0 Å². The molecule has 1 saturated heterocycles. The van der Waals surface area contributed by atoms with Crippen LogP contribution in [-0.2, 0) is 4.74 Å². The van der Waals surface area contributed by atoms with Crippen LogP contribution in [0.4, 0.5) is 5.13 Å². The summed E-state index contributed by atoms with van der Waals surface area (Å²) in [5.74, 6) is -0.0828. The standard InChI is InChI=1S/C23H24N4O2S/c1-16-13-17(2)21-20(14-16)25-23(30-21)27(8-7-26-9-11-29-12-10-26)22(28)19-5-3-18(15-24)4-6-19/h3-6,13-14H,7-12H2,1-2H3/p+1. The summed E-state index contributed by atoms with van der Waals surface area (Å²) in [7, 11) is 0. The van der Waals surface area contributed by atoms with Crippen LogP contribution < -0.4 is 9.80 Å². The summed E-state index contributed by atoms with van der Waals surface area (Å²) in [6.07, 6.45) is 0. The van der Waals surface area contributed by atoms with E-state index in [0.29, 0.717) is 17.7 Å². The van der Waals surface area contributed by atoms with Gasteiger partial charge in [-0.15, -0.1) is 0 Å². The van der Waals surface area contributed by atoms with Gasteiger partial charge < -0.3 is 9.64 Å². The number of benzene rings is 2.